The molecule has 0 spiro atoms. The number of carbonyl (C=O) groups excluding carboxylic acids is 1. The normalized spacial score (nSPS) is 15.1. The predicted octanol–water partition coefficient (Wildman–Crippen LogP) is 3.78. The van der Waals surface area contributed by atoms with E-state index in [4.69, 9.17) is 11.6 Å². The van der Waals surface area contributed by atoms with Crippen LogP contribution in [-0.4, -0.2) is 36.9 Å². The second-order valence-corrected chi connectivity index (χ2v) is 8.22. The van der Waals surface area contributed by atoms with E-state index in [1.165, 1.54) is 35.9 Å². The largest absolute Gasteiger partial charge is 0.301 e. The number of amides is 1. The second-order valence-electron chi connectivity index (χ2n) is 5.81. The molecule has 1 aromatic carbocycles. The molecule has 4 rings (SSSR count). The lowest BCUT2D eigenvalue weighted by Gasteiger charge is -2.10. The van der Waals surface area contributed by atoms with Crippen molar-refractivity contribution in [2.24, 2.45) is 0 Å². The summed E-state index contributed by atoms with van der Waals surface area (Å²) in [4.78, 5) is 16.6. The van der Waals surface area contributed by atoms with E-state index >= 15 is 0 Å². The number of thioether (sulfide) groups is 1. The van der Waals surface area contributed by atoms with Crippen LogP contribution in [0.4, 0.5) is 5.13 Å². The number of rotatable bonds is 5. The highest BCUT2D eigenvalue weighted by Crippen LogP contribution is 2.32. The van der Waals surface area contributed by atoms with E-state index in [9.17, 15) is 4.79 Å². The lowest BCUT2D eigenvalue weighted by molar-refractivity contribution is -0.113. The van der Waals surface area contributed by atoms with Gasteiger partial charge in [-0.25, -0.2) is 9.67 Å². The number of hydrogen-bond donors (Lipinski definition) is 1. The summed E-state index contributed by atoms with van der Waals surface area (Å²) in [7, 11) is 0. The minimum Gasteiger partial charge on any atom is -0.301 e. The maximum absolute atomic E-state index is 12.2. The number of thiazole rings is 1. The van der Waals surface area contributed by atoms with Gasteiger partial charge in [0.15, 0.2) is 5.13 Å². The molecule has 0 unspecified atom stereocenters. The summed E-state index contributed by atoms with van der Waals surface area (Å²) in [5, 5.41) is 16.6. The number of anilines is 1. The van der Waals surface area contributed by atoms with Gasteiger partial charge in [-0.3, -0.25) is 4.79 Å². The third-order valence-corrected chi connectivity index (χ3v) is 6.16. The second kappa shape index (κ2) is 7.27. The Morgan fingerprint density at radius 1 is 1.40 bits per heavy atom. The number of nitrogens with zero attached hydrogens (tertiary/aromatic N) is 5. The molecule has 0 aliphatic heterocycles. The average Bonchev–Trinajstić information content (AvgIpc) is 3.32. The fourth-order valence-electron chi connectivity index (χ4n) is 2.90. The number of halogens is 1. The highest BCUT2D eigenvalue weighted by Gasteiger charge is 2.22. The number of nitrogens with one attached hydrogen (secondary N) is 1. The molecule has 1 N–H and O–H groups in total. The quantitative estimate of drug-likeness (QED) is 0.663. The van der Waals surface area contributed by atoms with Gasteiger partial charge < -0.3 is 5.32 Å². The van der Waals surface area contributed by atoms with Crippen molar-refractivity contribution in [2.75, 3.05) is 11.1 Å². The van der Waals surface area contributed by atoms with Gasteiger partial charge in [-0.15, -0.1) is 5.10 Å². The highest BCUT2D eigenvalue weighted by atomic mass is 35.5. The first-order valence-electron chi connectivity index (χ1n) is 7.95. The summed E-state index contributed by atoms with van der Waals surface area (Å²) >= 11 is 8.73. The fourth-order valence-corrected chi connectivity index (χ4v) is 4.80. The molecule has 130 valence electrons. The summed E-state index contributed by atoms with van der Waals surface area (Å²) in [6.45, 7) is 0. The summed E-state index contributed by atoms with van der Waals surface area (Å²) in [5.74, 6) is 0.111. The Bertz CT molecular complexity index is 904. The first-order chi connectivity index (χ1) is 12.2. The first kappa shape index (κ1) is 16.7. The van der Waals surface area contributed by atoms with Crippen LogP contribution in [0.1, 0.15) is 31.7 Å². The minimum atomic E-state index is -0.129. The predicted molar refractivity (Wildman–Crippen MR) is 99.3 cm³/mol. The molecule has 10 heteroatoms. The molecule has 3 aromatic rings. The first-order valence-corrected chi connectivity index (χ1v) is 10.1. The van der Waals surface area contributed by atoms with Gasteiger partial charge in [0.1, 0.15) is 0 Å². The Morgan fingerprint density at radius 2 is 2.24 bits per heavy atom. The van der Waals surface area contributed by atoms with E-state index in [1.54, 1.807) is 6.07 Å². The van der Waals surface area contributed by atoms with Crippen LogP contribution in [0.5, 0.6) is 0 Å². The molecular weight excluding hydrogens is 380 g/mol. The van der Waals surface area contributed by atoms with E-state index in [-0.39, 0.29) is 11.7 Å². The SMILES string of the molecule is O=C(CSc1nnnn1C1CCCC1)Nc1nc2ccc(Cl)cc2s1. The molecule has 7 nitrogen and oxygen atoms in total. The monoisotopic (exact) mass is 394 g/mol. The molecule has 0 bridgehead atoms. The minimum absolute atomic E-state index is 0.129. The van der Waals surface area contributed by atoms with Crippen molar-refractivity contribution in [3.8, 4) is 0 Å². The smallest absolute Gasteiger partial charge is 0.236 e. The summed E-state index contributed by atoms with van der Waals surface area (Å²) in [6.07, 6.45) is 4.60. The standard InChI is InChI=1S/C15H15ClN6OS2/c16-9-5-6-11-12(7-9)25-14(17-11)18-13(23)8-24-15-19-20-21-22(15)10-3-1-2-4-10/h5-7,10H,1-4,8H2,(H,17,18,23). The van der Waals surface area contributed by atoms with Crippen LogP contribution in [0.25, 0.3) is 10.2 Å². The Morgan fingerprint density at radius 3 is 3.08 bits per heavy atom. The zero-order valence-corrected chi connectivity index (χ0v) is 15.6. The number of tetrazole rings is 1. The molecule has 1 fully saturated rings. The van der Waals surface area contributed by atoms with Crippen molar-refractivity contribution in [3.63, 3.8) is 0 Å². The molecule has 0 saturated heterocycles. The molecule has 2 heterocycles. The van der Waals surface area contributed by atoms with Gasteiger partial charge in [-0.05, 0) is 41.5 Å². The van der Waals surface area contributed by atoms with Gasteiger partial charge in [0, 0.05) is 5.02 Å². The maximum Gasteiger partial charge on any atom is 0.236 e. The maximum atomic E-state index is 12.2. The third kappa shape index (κ3) is 3.78. The number of benzene rings is 1. The molecule has 1 aliphatic carbocycles. The van der Waals surface area contributed by atoms with Crippen LogP contribution >= 0.6 is 34.7 Å². The van der Waals surface area contributed by atoms with Gasteiger partial charge in [-0.2, -0.15) is 0 Å². The molecule has 0 atom stereocenters. The Balaban J connectivity index is 1.38. The van der Waals surface area contributed by atoms with Crippen molar-refractivity contribution in [3.05, 3.63) is 23.2 Å². The Kier molecular flexibility index (Phi) is 4.87. The van der Waals surface area contributed by atoms with Crippen molar-refractivity contribution >= 4 is 56.0 Å². The average molecular weight is 395 g/mol. The van der Waals surface area contributed by atoms with Crippen LogP contribution in [0.2, 0.25) is 5.02 Å². The van der Waals surface area contributed by atoms with Crippen LogP contribution in [-0.2, 0) is 4.79 Å². The zero-order valence-electron chi connectivity index (χ0n) is 13.2. The summed E-state index contributed by atoms with van der Waals surface area (Å²) in [5.41, 5.74) is 0.822. The Hall–Kier alpha value is -1.71. The number of fused-ring (bicyclic) bond motifs is 1. The molecular formula is C15H15ClN6OS2. The zero-order chi connectivity index (χ0) is 17.2. The molecule has 1 amide bonds. The summed E-state index contributed by atoms with van der Waals surface area (Å²) < 4.78 is 2.80. The van der Waals surface area contributed by atoms with Crippen LogP contribution < -0.4 is 5.32 Å². The Labute approximate surface area is 157 Å². The number of hydrogen-bond acceptors (Lipinski definition) is 7. The van der Waals surface area contributed by atoms with Crippen molar-refractivity contribution in [1.82, 2.24) is 25.2 Å². The lowest BCUT2D eigenvalue weighted by Crippen LogP contribution is -2.15. The van der Waals surface area contributed by atoms with Gasteiger partial charge in [0.05, 0.1) is 22.0 Å². The van der Waals surface area contributed by atoms with Gasteiger partial charge in [0.2, 0.25) is 11.1 Å². The molecule has 2 aromatic heterocycles. The van der Waals surface area contributed by atoms with Gasteiger partial charge in [0.25, 0.3) is 0 Å². The van der Waals surface area contributed by atoms with Gasteiger partial charge in [-0.1, -0.05) is 47.5 Å². The van der Waals surface area contributed by atoms with Gasteiger partial charge >= 0.3 is 0 Å². The van der Waals surface area contributed by atoms with Crippen molar-refractivity contribution in [2.45, 2.75) is 36.9 Å². The molecule has 1 saturated carbocycles. The van der Waals surface area contributed by atoms with Crippen LogP contribution in [0.3, 0.4) is 0 Å². The molecule has 0 radical (unpaired) electrons. The van der Waals surface area contributed by atoms with Crippen LogP contribution in [0.15, 0.2) is 23.4 Å². The van der Waals surface area contributed by atoms with Crippen molar-refractivity contribution in [1.29, 1.82) is 0 Å². The number of aromatic nitrogens is 5. The lowest BCUT2D eigenvalue weighted by atomic mass is 10.3. The van der Waals surface area contributed by atoms with E-state index in [0.717, 1.165) is 23.1 Å². The number of carbonyl (C=O) groups is 1. The molecule has 25 heavy (non-hydrogen) atoms. The summed E-state index contributed by atoms with van der Waals surface area (Å²) in [6, 6.07) is 5.83. The fraction of sp³-hybridized carbons (Fsp3) is 0.400. The third-order valence-electron chi connectivity index (χ3n) is 4.06. The van der Waals surface area contributed by atoms with Crippen molar-refractivity contribution < 1.29 is 4.79 Å². The van der Waals surface area contributed by atoms with E-state index < -0.39 is 0 Å². The van der Waals surface area contributed by atoms with Crippen LogP contribution in [0, 0.1) is 0 Å². The van der Waals surface area contributed by atoms with E-state index in [1.807, 2.05) is 16.8 Å². The van der Waals surface area contributed by atoms with E-state index in [0.29, 0.717) is 21.4 Å². The topological polar surface area (TPSA) is 85.6 Å². The van der Waals surface area contributed by atoms with E-state index in [2.05, 4.69) is 25.8 Å². The highest BCUT2D eigenvalue weighted by molar-refractivity contribution is 7.99. The molecule has 1 aliphatic rings.